The molecule has 0 aliphatic carbocycles. The van der Waals surface area contributed by atoms with Gasteiger partial charge in [0.05, 0.1) is 16.2 Å². The minimum absolute atomic E-state index is 0.0853. The van der Waals surface area contributed by atoms with Crippen LogP contribution in [0.4, 0.5) is 8.78 Å². The van der Waals surface area contributed by atoms with Gasteiger partial charge in [-0.3, -0.25) is 14.2 Å². The topological polar surface area (TPSA) is 52.0 Å². The van der Waals surface area contributed by atoms with Gasteiger partial charge in [0.1, 0.15) is 0 Å². The highest BCUT2D eigenvalue weighted by Gasteiger charge is 2.21. The number of hydrogen-bond donors (Lipinski definition) is 0. The molecule has 0 amide bonds. The second-order valence-electron chi connectivity index (χ2n) is 6.48. The number of aromatic nitrogens is 2. The summed E-state index contributed by atoms with van der Waals surface area (Å²) in [6.45, 7) is 4.20. The predicted octanol–water partition coefficient (Wildman–Crippen LogP) is 4.84. The van der Waals surface area contributed by atoms with Crippen LogP contribution in [-0.2, 0) is 6.54 Å². The van der Waals surface area contributed by atoms with E-state index in [-0.39, 0.29) is 16.9 Å². The molecule has 3 aromatic rings. The summed E-state index contributed by atoms with van der Waals surface area (Å²) in [7, 11) is 0. The number of carbonyl (C=O) groups excluding carboxylic acids is 1. The van der Waals surface area contributed by atoms with E-state index in [0.717, 1.165) is 36.7 Å². The van der Waals surface area contributed by atoms with Crippen molar-refractivity contribution < 1.29 is 13.6 Å². The molecule has 1 heterocycles. The lowest BCUT2D eigenvalue weighted by Crippen LogP contribution is -2.25. The molecule has 0 fully saturated rings. The Bertz CT molecular complexity index is 1080. The Hall–Kier alpha value is -2.54. The van der Waals surface area contributed by atoms with Gasteiger partial charge in [-0.15, -0.1) is 0 Å². The van der Waals surface area contributed by atoms with Crippen molar-refractivity contribution in [3.63, 3.8) is 0 Å². The highest BCUT2D eigenvalue weighted by molar-refractivity contribution is 8.00. The second kappa shape index (κ2) is 8.65. The van der Waals surface area contributed by atoms with Gasteiger partial charge in [0.2, 0.25) is 0 Å². The van der Waals surface area contributed by atoms with Gasteiger partial charge in [-0.1, -0.05) is 37.2 Å². The van der Waals surface area contributed by atoms with E-state index in [9.17, 15) is 18.4 Å². The zero-order valence-electron chi connectivity index (χ0n) is 15.6. The lowest BCUT2D eigenvalue weighted by molar-refractivity contribution is 0.0993. The minimum Gasteiger partial charge on any atom is -0.293 e. The van der Waals surface area contributed by atoms with Crippen LogP contribution in [0.15, 0.2) is 52.4 Å². The van der Waals surface area contributed by atoms with Gasteiger partial charge < -0.3 is 0 Å². The van der Waals surface area contributed by atoms with Crippen molar-refractivity contribution in [2.75, 3.05) is 0 Å². The molecule has 1 aromatic heterocycles. The maximum absolute atomic E-state index is 13.5. The SMILES string of the molecule is CCCCn1c(S[C@@H](C)C(=O)c2ccc(F)c(F)c2)nc2ccccc2c1=O. The molecule has 2 aromatic carbocycles. The van der Waals surface area contributed by atoms with Crippen LogP contribution in [0.2, 0.25) is 0 Å². The maximum atomic E-state index is 13.5. The van der Waals surface area contributed by atoms with Gasteiger partial charge in [0, 0.05) is 12.1 Å². The molecular formula is C21H20F2N2O2S. The average Bonchev–Trinajstić information content (AvgIpc) is 2.69. The van der Waals surface area contributed by atoms with E-state index in [4.69, 9.17) is 0 Å². The zero-order valence-corrected chi connectivity index (χ0v) is 16.4. The Morgan fingerprint density at radius 2 is 1.93 bits per heavy atom. The lowest BCUT2D eigenvalue weighted by atomic mass is 10.1. The number of unbranched alkanes of at least 4 members (excludes halogenated alkanes) is 1. The number of nitrogens with zero attached hydrogens (tertiary/aromatic N) is 2. The summed E-state index contributed by atoms with van der Waals surface area (Å²) < 4.78 is 28.2. The summed E-state index contributed by atoms with van der Waals surface area (Å²) in [4.78, 5) is 30.1. The van der Waals surface area contributed by atoms with Crippen molar-refractivity contribution in [1.82, 2.24) is 9.55 Å². The van der Waals surface area contributed by atoms with E-state index in [1.165, 1.54) is 6.07 Å². The fourth-order valence-corrected chi connectivity index (χ4v) is 3.86. The smallest absolute Gasteiger partial charge is 0.262 e. The van der Waals surface area contributed by atoms with E-state index in [1.807, 2.05) is 6.92 Å². The molecule has 1 atom stereocenters. The molecule has 0 bridgehead atoms. The van der Waals surface area contributed by atoms with Crippen LogP contribution in [-0.4, -0.2) is 20.6 Å². The van der Waals surface area contributed by atoms with Crippen LogP contribution in [0.5, 0.6) is 0 Å². The minimum atomic E-state index is -1.06. The molecule has 3 rings (SSSR count). The number of Topliss-reactive ketones (excluding diaryl/α,β-unsaturated/α-hetero) is 1. The van der Waals surface area contributed by atoms with Gasteiger partial charge in [0.25, 0.3) is 5.56 Å². The highest BCUT2D eigenvalue weighted by atomic mass is 32.2. The monoisotopic (exact) mass is 402 g/mol. The summed E-state index contributed by atoms with van der Waals surface area (Å²) in [5, 5.41) is 0.355. The number of thioether (sulfide) groups is 1. The molecular weight excluding hydrogens is 382 g/mol. The quantitative estimate of drug-likeness (QED) is 0.322. The van der Waals surface area contributed by atoms with E-state index < -0.39 is 16.9 Å². The van der Waals surface area contributed by atoms with Crippen LogP contribution in [0.3, 0.4) is 0 Å². The van der Waals surface area contributed by atoms with Crippen molar-refractivity contribution in [2.45, 2.75) is 43.6 Å². The molecule has 0 saturated heterocycles. The van der Waals surface area contributed by atoms with Gasteiger partial charge in [0.15, 0.2) is 22.6 Å². The van der Waals surface area contributed by atoms with Gasteiger partial charge >= 0.3 is 0 Å². The Balaban J connectivity index is 1.96. The number of ketones is 1. The Morgan fingerprint density at radius 1 is 1.18 bits per heavy atom. The number of carbonyl (C=O) groups is 1. The van der Waals surface area contributed by atoms with Crippen molar-refractivity contribution in [3.8, 4) is 0 Å². The van der Waals surface area contributed by atoms with Crippen molar-refractivity contribution in [2.24, 2.45) is 0 Å². The largest absolute Gasteiger partial charge is 0.293 e. The number of rotatable bonds is 7. The van der Waals surface area contributed by atoms with Gasteiger partial charge in [-0.25, -0.2) is 13.8 Å². The Kier molecular flexibility index (Phi) is 6.24. The predicted molar refractivity (Wildman–Crippen MR) is 107 cm³/mol. The first kappa shape index (κ1) is 20.2. The summed E-state index contributed by atoms with van der Waals surface area (Å²) in [6.07, 6.45) is 1.71. The van der Waals surface area contributed by atoms with Crippen LogP contribution in [0, 0.1) is 11.6 Å². The van der Waals surface area contributed by atoms with Crippen molar-refractivity contribution in [1.29, 1.82) is 0 Å². The van der Waals surface area contributed by atoms with E-state index in [1.54, 1.807) is 35.8 Å². The maximum Gasteiger partial charge on any atom is 0.262 e. The summed E-state index contributed by atoms with van der Waals surface area (Å²) >= 11 is 1.15. The zero-order chi connectivity index (χ0) is 20.3. The Labute approximate surface area is 165 Å². The van der Waals surface area contributed by atoms with Gasteiger partial charge in [-0.2, -0.15) is 0 Å². The molecule has 0 spiro atoms. The molecule has 0 aliphatic rings. The summed E-state index contributed by atoms with van der Waals surface area (Å²) in [6, 6.07) is 10.2. The first-order chi connectivity index (χ1) is 13.4. The molecule has 0 aliphatic heterocycles. The third-order valence-corrected chi connectivity index (χ3v) is 5.51. The summed E-state index contributed by atoms with van der Waals surface area (Å²) in [5.41, 5.74) is 0.506. The summed E-state index contributed by atoms with van der Waals surface area (Å²) in [5.74, 6) is -2.42. The second-order valence-corrected chi connectivity index (χ2v) is 7.78. The van der Waals surface area contributed by atoms with Gasteiger partial charge in [-0.05, 0) is 43.7 Å². The average molecular weight is 402 g/mol. The highest BCUT2D eigenvalue weighted by Crippen LogP contribution is 2.26. The molecule has 0 unspecified atom stereocenters. The van der Waals surface area contributed by atoms with Crippen LogP contribution in [0.1, 0.15) is 37.0 Å². The first-order valence-electron chi connectivity index (χ1n) is 9.08. The van der Waals surface area contributed by atoms with Crippen molar-refractivity contribution >= 4 is 28.4 Å². The van der Waals surface area contributed by atoms with Crippen molar-refractivity contribution in [3.05, 3.63) is 70.0 Å². The third kappa shape index (κ3) is 4.14. The normalized spacial score (nSPS) is 12.3. The molecule has 0 saturated carbocycles. The van der Waals surface area contributed by atoms with Crippen LogP contribution in [0.25, 0.3) is 10.9 Å². The number of benzene rings is 2. The van der Waals surface area contributed by atoms with E-state index in [0.29, 0.717) is 22.6 Å². The van der Waals surface area contributed by atoms with Crippen LogP contribution < -0.4 is 5.56 Å². The number of halogens is 2. The fourth-order valence-electron chi connectivity index (χ4n) is 2.85. The molecule has 146 valence electrons. The molecule has 7 heteroatoms. The molecule has 4 nitrogen and oxygen atoms in total. The Morgan fingerprint density at radius 3 is 2.64 bits per heavy atom. The number of fused-ring (bicyclic) bond motifs is 1. The molecule has 0 N–H and O–H groups in total. The first-order valence-corrected chi connectivity index (χ1v) is 9.95. The molecule has 28 heavy (non-hydrogen) atoms. The number of hydrogen-bond acceptors (Lipinski definition) is 4. The van der Waals surface area contributed by atoms with Crippen LogP contribution >= 0.6 is 11.8 Å². The lowest BCUT2D eigenvalue weighted by Gasteiger charge is -2.16. The number of para-hydroxylation sites is 1. The van der Waals surface area contributed by atoms with E-state index in [2.05, 4.69) is 4.98 Å². The third-order valence-electron chi connectivity index (χ3n) is 4.42. The fraction of sp³-hybridized carbons (Fsp3) is 0.286. The van der Waals surface area contributed by atoms with E-state index >= 15 is 0 Å². The standard InChI is InChI=1S/C21H20F2N2O2S/c1-3-4-11-25-20(27)15-7-5-6-8-18(15)24-21(25)28-13(2)19(26)14-9-10-16(22)17(23)12-14/h5-10,12-13H,3-4,11H2,1-2H3/t13-/m0/s1. The molecule has 0 radical (unpaired) electrons.